The van der Waals surface area contributed by atoms with Crippen molar-refractivity contribution in [3.8, 4) is 11.5 Å². The molecule has 1 unspecified atom stereocenters. The summed E-state index contributed by atoms with van der Waals surface area (Å²) in [6, 6.07) is 15.8. The number of hydrogen-bond acceptors (Lipinski definition) is 4. The van der Waals surface area contributed by atoms with Crippen molar-refractivity contribution < 1.29 is 19.7 Å². The van der Waals surface area contributed by atoms with E-state index in [1.807, 2.05) is 36.4 Å². The van der Waals surface area contributed by atoms with Gasteiger partial charge >= 0.3 is 0 Å². The maximum atomic E-state index is 9.35. The van der Waals surface area contributed by atoms with E-state index in [1.54, 1.807) is 6.08 Å². The zero-order valence-corrected chi connectivity index (χ0v) is 15.8. The monoisotopic (exact) mass is 376 g/mol. The van der Waals surface area contributed by atoms with Crippen molar-refractivity contribution in [3.63, 3.8) is 0 Å². The smallest absolute Gasteiger partial charge is 0.119 e. The van der Waals surface area contributed by atoms with Crippen LogP contribution >= 0.6 is 11.6 Å². The van der Waals surface area contributed by atoms with Crippen molar-refractivity contribution in [2.75, 3.05) is 19.8 Å². The van der Waals surface area contributed by atoms with Gasteiger partial charge in [-0.2, -0.15) is 0 Å². The lowest BCUT2D eigenvalue weighted by Gasteiger charge is -2.26. The highest BCUT2D eigenvalue weighted by Gasteiger charge is 2.23. The summed E-state index contributed by atoms with van der Waals surface area (Å²) in [6.45, 7) is 4.51. The Bertz CT molecular complexity index is 693. The van der Waals surface area contributed by atoms with E-state index >= 15 is 0 Å². The normalized spacial score (nSPS) is 13.0. The summed E-state index contributed by atoms with van der Waals surface area (Å²) in [5, 5.41) is 18.2. The van der Waals surface area contributed by atoms with Crippen molar-refractivity contribution >= 4 is 11.6 Å². The third-order valence-electron chi connectivity index (χ3n) is 4.24. The maximum Gasteiger partial charge on any atom is 0.119 e. The van der Waals surface area contributed by atoms with Crippen LogP contribution in [0.3, 0.4) is 0 Å². The number of hydrogen-bond donors (Lipinski definition) is 2. The Morgan fingerprint density at radius 1 is 0.962 bits per heavy atom. The highest BCUT2D eigenvalue weighted by atomic mass is 35.5. The molecule has 2 rings (SSSR count). The standard InChI is InChI=1S/C21H25ClO4/c1-21(2,16-4-8-19(9-5-16)25-13-3-12-22)17-6-10-20(11-7-17)26-15-18(24)14-23/h3-12,18,23-24H,13-15H2,1-2H3/b12-3+. The van der Waals surface area contributed by atoms with Crippen LogP contribution in [0.2, 0.25) is 0 Å². The van der Waals surface area contributed by atoms with E-state index in [2.05, 4.69) is 26.0 Å². The summed E-state index contributed by atoms with van der Waals surface area (Å²) >= 11 is 5.48. The molecule has 0 aliphatic heterocycles. The van der Waals surface area contributed by atoms with Gasteiger partial charge in [0.25, 0.3) is 0 Å². The summed E-state index contributed by atoms with van der Waals surface area (Å²) in [5.41, 5.74) is 3.57. The van der Waals surface area contributed by atoms with Crippen LogP contribution in [0.4, 0.5) is 0 Å². The molecule has 2 aromatic rings. The van der Waals surface area contributed by atoms with E-state index in [1.165, 1.54) is 11.1 Å². The van der Waals surface area contributed by atoms with Crippen LogP contribution < -0.4 is 9.47 Å². The Hall–Kier alpha value is -2.01. The predicted octanol–water partition coefficient (Wildman–Crippen LogP) is 3.88. The fourth-order valence-electron chi connectivity index (χ4n) is 2.53. The molecule has 5 heteroatoms. The molecule has 0 aliphatic rings. The SMILES string of the molecule is CC(C)(c1ccc(OC/C=C/Cl)cc1)c1ccc(OCC(O)CO)cc1. The zero-order valence-electron chi connectivity index (χ0n) is 15.1. The van der Waals surface area contributed by atoms with Crippen molar-refractivity contribution in [3.05, 3.63) is 71.3 Å². The van der Waals surface area contributed by atoms with Gasteiger partial charge in [-0.1, -0.05) is 49.7 Å². The van der Waals surface area contributed by atoms with Crippen LogP contribution in [0, 0.1) is 0 Å². The molecule has 2 aromatic carbocycles. The first-order valence-electron chi connectivity index (χ1n) is 8.48. The predicted molar refractivity (Wildman–Crippen MR) is 104 cm³/mol. The van der Waals surface area contributed by atoms with Crippen molar-refractivity contribution in [1.82, 2.24) is 0 Å². The fraction of sp³-hybridized carbons (Fsp3) is 0.333. The van der Waals surface area contributed by atoms with Crippen LogP contribution in [0.1, 0.15) is 25.0 Å². The van der Waals surface area contributed by atoms with E-state index < -0.39 is 6.10 Å². The molecule has 26 heavy (non-hydrogen) atoms. The highest BCUT2D eigenvalue weighted by Crippen LogP contribution is 2.33. The van der Waals surface area contributed by atoms with Crippen LogP contribution in [-0.2, 0) is 5.41 Å². The van der Waals surface area contributed by atoms with Crippen LogP contribution in [0.15, 0.2) is 60.1 Å². The minimum Gasteiger partial charge on any atom is -0.491 e. The summed E-state index contributed by atoms with van der Waals surface area (Å²) in [5.74, 6) is 1.46. The van der Waals surface area contributed by atoms with Gasteiger partial charge < -0.3 is 19.7 Å². The Kier molecular flexibility index (Phi) is 7.51. The summed E-state index contributed by atoms with van der Waals surface area (Å²) in [7, 11) is 0. The quantitative estimate of drug-likeness (QED) is 0.697. The van der Waals surface area contributed by atoms with E-state index in [9.17, 15) is 5.11 Å². The average molecular weight is 377 g/mol. The fourth-order valence-corrected chi connectivity index (χ4v) is 2.60. The molecule has 0 spiro atoms. The molecular weight excluding hydrogens is 352 g/mol. The van der Waals surface area contributed by atoms with Gasteiger partial charge in [0.05, 0.1) is 6.61 Å². The lowest BCUT2D eigenvalue weighted by Crippen LogP contribution is -2.21. The first-order chi connectivity index (χ1) is 12.5. The summed E-state index contributed by atoms with van der Waals surface area (Å²) in [6.07, 6.45) is 0.870. The van der Waals surface area contributed by atoms with Crippen molar-refractivity contribution in [2.24, 2.45) is 0 Å². The van der Waals surface area contributed by atoms with Gasteiger partial charge in [-0.25, -0.2) is 0 Å². The van der Waals surface area contributed by atoms with Gasteiger partial charge in [0, 0.05) is 11.0 Å². The number of rotatable bonds is 9. The van der Waals surface area contributed by atoms with Gasteiger partial charge in [0.15, 0.2) is 0 Å². The number of ether oxygens (including phenoxy) is 2. The third kappa shape index (κ3) is 5.49. The molecule has 0 aliphatic carbocycles. The van der Waals surface area contributed by atoms with E-state index in [-0.39, 0.29) is 18.6 Å². The first kappa shape index (κ1) is 20.3. The number of benzene rings is 2. The summed E-state index contributed by atoms with van der Waals surface area (Å²) in [4.78, 5) is 0. The highest BCUT2D eigenvalue weighted by molar-refractivity contribution is 6.25. The Labute approximate surface area is 159 Å². The Morgan fingerprint density at radius 3 is 1.92 bits per heavy atom. The molecule has 0 amide bonds. The molecule has 140 valence electrons. The number of halogens is 1. The van der Waals surface area contributed by atoms with Crippen molar-refractivity contribution in [1.29, 1.82) is 0 Å². The lowest BCUT2D eigenvalue weighted by atomic mass is 9.78. The van der Waals surface area contributed by atoms with E-state index in [4.69, 9.17) is 26.2 Å². The molecule has 0 bridgehead atoms. The van der Waals surface area contributed by atoms with Crippen LogP contribution in [0.25, 0.3) is 0 Å². The minimum atomic E-state index is -0.869. The van der Waals surface area contributed by atoms with Gasteiger partial charge in [-0.05, 0) is 41.5 Å². The largest absolute Gasteiger partial charge is 0.491 e. The van der Waals surface area contributed by atoms with E-state index in [0.29, 0.717) is 12.4 Å². The number of aliphatic hydroxyl groups is 2. The second-order valence-electron chi connectivity index (χ2n) is 6.49. The molecule has 4 nitrogen and oxygen atoms in total. The number of aliphatic hydroxyl groups excluding tert-OH is 2. The topological polar surface area (TPSA) is 58.9 Å². The molecular formula is C21H25ClO4. The van der Waals surface area contributed by atoms with Crippen LogP contribution in [-0.4, -0.2) is 36.1 Å². The second kappa shape index (κ2) is 9.62. The average Bonchev–Trinajstić information content (AvgIpc) is 2.67. The Balaban J connectivity index is 2.06. The first-order valence-corrected chi connectivity index (χ1v) is 8.92. The Morgan fingerprint density at radius 2 is 1.46 bits per heavy atom. The maximum absolute atomic E-state index is 9.35. The molecule has 2 N–H and O–H groups in total. The van der Waals surface area contributed by atoms with Gasteiger partial charge in [0.1, 0.15) is 30.8 Å². The summed E-state index contributed by atoms with van der Waals surface area (Å²) < 4.78 is 11.0. The lowest BCUT2D eigenvalue weighted by molar-refractivity contribution is 0.0536. The molecule has 0 fully saturated rings. The van der Waals surface area contributed by atoms with Gasteiger partial charge in [-0.3, -0.25) is 0 Å². The molecule has 0 saturated carbocycles. The third-order valence-corrected chi connectivity index (χ3v) is 4.42. The van der Waals surface area contributed by atoms with Gasteiger partial charge in [0.2, 0.25) is 0 Å². The minimum absolute atomic E-state index is 0.0691. The van der Waals surface area contributed by atoms with Gasteiger partial charge in [-0.15, -0.1) is 0 Å². The molecule has 1 atom stereocenters. The molecule has 0 saturated heterocycles. The molecule has 0 radical (unpaired) electrons. The second-order valence-corrected chi connectivity index (χ2v) is 6.75. The zero-order chi connectivity index (χ0) is 19.0. The van der Waals surface area contributed by atoms with Crippen LogP contribution in [0.5, 0.6) is 11.5 Å². The molecule has 0 aromatic heterocycles. The molecule has 0 heterocycles. The van der Waals surface area contributed by atoms with Crippen molar-refractivity contribution in [2.45, 2.75) is 25.4 Å². The van der Waals surface area contributed by atoms with E-state index in [0.717, 1.165) is 11.3 Å².